The summed E-state index contributed by atoms with van der Waals surface area (Å²) in [6, 6.07) is 8.35. The average molecular weight is 441 g/mol. The van der Waals surface area contributed by atoms with Crippen LogP contribution in [-0.2, 0) is 20.8 Å². The molecule has 2 rings (SSSR count). The molecule has 4 heteroatoms. The van der Waals surface area contributed by atoms with Gasteiger partial charge in [0.2, 0.25) is 0 Å². The zero-order valence-corrected chi connectivity index (χ0v) is 18.6. The summed E-state index contributed by atoms with van der Waals surface area (Å²) in [6.07, 6.45) is 11.5. The zero-order valence-electron chi connectivity index (χ0n) is 17.0. The van der Waals surface area contributed by atoms with Crippen LogP contribution in [0, 0.1) is 5.41 Å². The molecule has 0 saturated carbocycles. The largest absolute Gasteiger partial charge is 0.381 e. The number of rotatable bonds is 16. The molecule has 27 heavy (non-hydrogen) atoms. The van der Waals surface area contributed by atoms with Gasteiger partial charge in [-0.05, 0) is 37.0 Å². The van der Waals surface area contributed by atoms with Crippen molar-refractivity contribution in [3.8, 4) is 0 Å². The van der Waals surface area contributed by atoms with Crippen LogP contribution in [0.5, 0.6) is 0 Å². The third-order valence-corrected chi connectivity index (χ3v) is 6.01. The van der Waals surface area contributed by atoms with Gasteiger partial charge in [0.1, 0.15) is 0 Å². The molecule has 1 fully saturated rings. The van der Waals surface area contributed by atoms with Crippen LogP contribution in [-0.4, -0.2) is 33.0 Å². The quantitative estimate of drug-likeness (QED) is 0.273. The van der Waals surface area contributed by atoms with Crippen LogP contribution in [0.25, 0.3) is 0 Å². The molecule has 0 radical (unpaired) electrons. The van der Waals surface area contributed by atoms with Gasteiger partial charge in [-0.15, -0.1) is 0 Å². The van der Waals surface area contributed by atoms with Gasteiger partial charge in [0, 0.05) is 23.1 Å². The van der Waals surface area contributed by atoms with Gasteiger partial charge in [0.25, 0.3) is 0 Å². The first kappa shape index (κ1) is 22.9. The lowest BCUT2D eigenvalue weighted by Gasteiger charge is -2.40. The van der Waals surface area contributed by atoms with E-state index in [1.165, 1.54) is 63.4 Å². The van der Waals surface area contributed by atoms with Gasteiger partial charge in [0.05, 0.1) is 26.4 Å². The highest BCUT2D eigenvalue weighted by atomic mass is 79.9. The van der Waals surface area contributed by atoms with Crippen molar-refractivity contribution in [3.05, 3.63) is 34.3 Å². The van der Waals surface area contributed by atoms with Crippen molar-refractivity contribution >= 4 is 15.9 Å². The lowest BCUT2D eigenvalue weighted by atomic mass is 9.84. The molecule has 1 aliphatic heterocycles. The Morgan fingerprint density at radius 3 is 1.93 bits per heavy atom. The summed E-state index contributed by atoms with van der Waals surface area (Å²) >= 11 is 3.45. The van der Waals surface area contributed by atoms with Crippen molar-refractivity contribution < 1.29 is 14.2 Å². The smallest absolute Gasteiger partial charge is 0.0716 e. The standard InChI is InChI=1S/C23H37BrO3/c1-2-23(19-27-20-23)18-26-16-10-8-6-4-3-5-7-9-15-25-17-21-11-13-22(24)14-12-21/h11-14H,2-10,15-20H2,1H3. The Morgan fingerprint density at radius 1 is 0.852 bits per heavy atom. The number of hydrogen-bond donors (Lipinski definition) is 0. The molecule has 1 aromatic carbocycles. The highest BCUT2D eigenvalue weighted by molar-refractivity contribution is 9.10. The van der Waals surface area contributed by atoms with Gasteiger partial charge >= 0.3 is 0 Å². The van der Waals surface area contributed by atoms with Gasteiger partial charge in [-0.2, -0.15) is 0 Å². The minimum atomic E-state index is 0.335. The SMILES string of the molecule is CCC1(COCCCCCCCCCCOCc2ccc(Br)cc2)COC1. The fraction of sp³-hybridized carbons (Fsp3) is 0.739. The summed E-state index contributed by atoms with van der Waals surface area (Å²) < 4.78 is 18.1. The molecule has 1 heterocycles. The van der Waals surface area contributed by atoms with Crippen molar-refractivity contribution in [2.75, 3.05) is 33.0 Å². The highest BCUT2D eigenvalue weighted by Crippen LogP contribution is 2.31. The highest BCUT2D eigenvalue weighted by Gasteiger charge is 2.36. The van der Waals surface area contributed by atoms with Crippen molar-refractivity contribution in [1.29, 1.82) is 0 Å². The van der Waals surface area contributed by atoms with Crippen LogP contribution >= 0.6 is 15.9 Å². The van der Waals surface area contributed by atoms with Crippen LogP contribution in [0.3, 0.4) is 0 Å². The number of hydrogen-bond acceptors (Lipinski definition) is 3. The molecule has 1 saturated heterocycles. The normalized spacial score (nSPS) is 15.6. The molecule has 0 spiro atoms. The summed E-state index contributed by atoms with van der Waals surface area (Å²) in [7, 11) is 0. The number of halogens is 1. The van der Waals surface area contributed by atoms with Crippen LogP contribution in [0.15, 0.2) is 28.7 Å². The topological polar surface area (TPSA) is 27.7 Å². The summed E-state index contributed by atoms with van der Waals surface area (Å²) in [5.41, 5.74) is 1.58. The Kier molecular flexibility index (Phi) is 11.6. The Hall–Kier alpha value is -0.420. The maximum absolute atomic E-state index is 5.86. The van der Waals surface area contributed by atoms with E-state index >= 15 is 0 Å². The second kappa shape index (κ2) is 13.7. The fourth-order valence-corrected chi connectivity index (χ4v) is 3.57. The lowest BCUT2D eigenvalue weighted by molar-refractivity contribution is -0.150. The first-order valence-corrected chi connectivity index (χ1v) is 11.5. The second-order valence-corrected chi connectivity index (χ2v) is 8.82. The predicted molar refractivity (Wildman–Crippen MR) is 115 cm³/mol. The minimum absolute atomic E-state index is 0.335. The molecule has 0 aromatic heterocycles. The molecular formula is C23H37BrO3. The van der Waals surface area contributed by atoms with Crippen LogP contribution in [0.4, 0.5) is 0 Å². The van der Waals surface area contributed by atoms with Crippen molar-refractivity contribution in [1.82, 2.24) is 0 Å². The Labute approximate surface area is 174 Å². The van der Waals surface area contributed by atoms with E-state index in [9.17, 15) is 0 Å². The van der Waals surface area contributed by atoms with E-state index in [4.69, 9.17) is 14.2 Å². The molecule has 0 bridgehead atoms. The van der Waals surface area contributed by atoms with E-state index < -0.39 is 0 Å². The maximum atomic E-state index is 5.86. The minimum Gasteiger partial charge on any atom is -0.381 e. The van der Waals surface area contributed by atoms with Gasteiger partial charge in [-0.25, -0.2) is 0 Å². The summed E-state index contributed by atoms with van der Waals surface area (Å²) in [6.45, 7) is 7.41. The first-order chi connectivity index (χ1) is 13.2. The molecule has 0 N–H and O–H groups in total. The molecule has 0 atom stereocenters. The summed E-state index contributed by atoms with van der Waals surface area (Å²) in [5.74, 6) is 0. The fourth-order valence-electron chi connectivity index (χ4n) is 3.31. The molecule has 3 nitrogen and oxygen atoms in total. The number of unbranched alkanes of at least 4 members (excludes halogenated alkanes) is 7. The van der Waals surface area contributed by atoms with Crippen molar-refractivity contribution in [3.63, 3.8) is 0 Å². The van der Waals surface area contributed by atoms with E-state index in [2.05, 4.69) is 47.1 Å². The van der Waals surface area contributed by atoms with Gasteiger partial charge < -0.3 is 14.2 Å². The van der Waals surface area contributed by atoms with Crippen LogP contribution < -0.4 is 0 Å². The van der Waals surface area contributed by atoms with Crippen LogP contribution in [0.1, 0.15) is 70.3 Å². The Morgan fingerprint density at radius 2 is 1.41 bits per heavy atom. The molecule has 1 aromatic rings. The molecule has 0 unspecified atom stereocenters. The van der Waals surface area contributed by atoms with E-state index in [1.807, 2.05) is 0 Å². The van der Waals surface area contributed by atoms with Crippen LogP contribution in [0.2, 0.25) is 0 Å². The number of benzene rings is 1. The molecule has 154 valence electrons. The van der Waals surface area contributed by atoms with E-state index in [0.717, 1.165) is 44.1 Å². The summed E-state index contributed by atoms with van der Waals surface area (Å²) in [5, 5.41) is 0. The van der Waals surface area contributed by atoms with Gasteiger partial charge in [-0.3, -0.25) is 0 Å². The molecule has 0 aliphatic carbocycles. The van der Waals surface area contributed by atoms with E-state index in [0.29, 0.717) is 5.41 Å². The first-order valence-electron chi connectivity index (χ1n) is 10.7. The number of ether oxygens (including phenoxy) is 3. The second-order valence-electron chi connectivity index (χ2n) is 7.91. The lowest BCUT2D eigenvalue weighted by Crippen LogP contribution is -2.45. The average Bonchev–Trinajstić information content (AvgIpc) is 2.65. The zero-order chi connectivity index (χ0) is 19.2. The Bertz CT molecular complexity index is 479. The predicted octanol–water partition coefficient (Wildman–Crippen LogP) is 6.53. The van der Waals surface area contributed by atoms with Gasteiger partial charge in [-0.1, -0.05) is 73.5 Å². The van der Waals surface area contributed by atoms with Crippen molar-refractivity contribution in [2.45, 2.75) is 71.3 Å². The molecule has 0 amide bonds. The van der Waals surface area contributed by atoms with E-state index in [1.54, 1.807) is 0 Å². The Balaban J connectivity index is 1.28. The monoisotopic (exact) mass is 440 g/mol. The molecule has 1 aliphatic rings. The van der Waals surface area contributed by atoms with Crippen molar-refractivity contribution in [2.24, 2.45) is 5.41 Å². The third-order valence-electron chi connectivity index (χ3n) is 5.48. The molecular weight excluding hydrogens is 404 g/mol. The summed E-state index contributed by atoms with van der Waals surface area (Å²) in [4.78, 5) is 0. The third kappa shape index (κ3) is 9.56. The maximum Gasteiger partial charge on any atom is 0.0716 e. The van der Waals surface area contributed by atoms with E-state index in [-0.39, 0.29) is 0 Å². The van der Waals surface area contributed by atoms with Gasteiger partial charge in [0.15, 0.2) is 0 Å².